The molecule has 4 nitrogen and oxygen atoms in total. The average Bonchev–Trinajstić information content (AvgIpc) is 2.69. The van der Waals surface area contributed by atoms with Crippen molar-refractivity contribution < 1.29 is 14.0 Å². The van der Waals surface area contributed by atoms with E-state index in [-0.39, 0.29) is 29.9 Å². The minimum Gasteiger partial charge on any atom is -0.350 e. The molecule has 31 heavy (non-hydrogen) atoms. The molecule has 0 unspecified atom stereocenters. The van der Waals surface area contributed by atoms with E-state index < -0.39 is 11.6 Å². The highest BCUT2D eigenvalue weighted by Crippen LogP contribution is 2.19. The number of hydrogen-bond acceptors (Lipinski definition) is 3. The summed E-state index contributed by atoms with van der Waals surface area (Å²) in [6.45, 7) is 7.90. The van der Waals surface area contributed by atoms with Gasteiger partial charge in [-0.3, -0.25) is 9.59 Å². The van der Waals surface area contributed by atoms with Crippen molar-refractivity contribution in [1.29, 1.82) is 0 Å². The van der Waals surface area contributed by atoms with E-state index in [9.17, 15) is 14.0 Å². The standard InChI is InChI=1S/C24H30BrFN2O2S/c1-5-21(23(30)27-24(2,3)4)28(14-17-8-12-20(26)13-9-17)22(29)16-31-15-18-6-10-19(25)11-7-18/h6-13,21H,5,14-16H2,1-4H3,(H,27,30)/t21-/m0/s1. The quantitative estimate of drug-likeness (QED) is 0.483. The number of amides is 2. The molecular weight excluding hydrogens is 479 g/mol. The van der Waals surface area contributed by atoms with Crippen LogP contribution in [0.2, 0.25) is 0 Å². The van der Waals surface area contributed by atoms with Gasteiger partial charge < -0.3 is 10.2 Å². The van der Waals surface area contributed by atoms with Crippen LogP contribution in [0, 0.1) is 5.82 Å². The van der Waals surface area contributed by atoms with E-state index in [1.54, 1.807) is 17.0 Å². The van der Waals surface area contributed by atoms with Gasteiger partial charge in [-0.05, 0) is 62.6 Å². The van der Waals surface area contributed by atoms with Gasteiger partial charge in [-0.2, -0.15) is 0 Å². The molecule has 2 amide bonds. The molecule has 0 aromatic heterocycles. The summed E-state index contributed by atoms with van der Waals surface area (Å²) >= 11 is 4.94. The van der Waals surface area contributed by atoms with Gasteiger partial charge in [0.05, 0.1) is 5.75 Å². The Labute approximate surface area is 197 Å². The zero-order chi connectivity index (χ0) is 23.0. The second-order valence-corrected chi connectivity index (χ2v) is 10.3. The first kappa shape index (κ1) is 25.4. The number of nitrogens with one attached hydrogen (secondary N) is 1. The lowest BCUT2D eigenvalue weighted by atomic mass is 10.1. The number of carbonyl (C=O) groups is 2. The van der Waals surface area contributed by atoms with E-state index in [4.69, 9.17) is 0 Å². The number of halogens is 2. The lowest BCUT2D eigenvalue weighted by Crippen LogP contribution is -2.53. The lowest BCUT2D eigenvalue weighted by molar-refractivity contribution is -0.140. The number of rotatable bonds is 9. The topological polar surface area (TPSA) is 49.4 Å². The summed E-state index contributed by atoms with van der Waals surface area (Å²) in [5.74, 6) is 0.347. The van der Waals surface area contributed by atoms with Crippen LogP contribution in [0.3, 0.4) is 0 Å². The summed E-state index contributed by atoms with van der Waals surface area (Å²) in [5, 5.41) is 2.98. The molecule has 1 atom stereocenters. The second-order valence-electron chi connectivity index (χ2n) is 8.43. The first-order valence-corrected chi connectivity index (χ1v) is 12.2. The normalized spacial score (nSPS) is 12.3. The number of thioether (sulfide) groups is 1. The third-order valence-electron chi connectivity index (χ3n) is 4.56. The molecular formula is C24H30BrFN2O2S. The smallest absolute Gasteiger partial charge is 0.243 e. The first-order valence-electron chi connectivity index (χ1n) is 10.3. The number of benzene rings is 2. The van der Waals surface area contributed by atoms with Crippen molar-refractivity contribution in [2.75, 3.05) is 5.75 Å². The van der Waals surface area contributed by atoms with Crippen LogP contribution in [0.1, 0.15) is 45.2 Å². The van der Waals surface area contributed by atoms with Crippen LogP contribution >= 0.6 is 27.7 Å². The van der Waals surface area contributed by atoms with E-state index in [2.05, 4.69) is 21.2 Å². The highest BCUT2D eigenvalue weighted by Gasteiger charge is 2.30. The van der Waals surface area contributed by atoms with E-state index in [0.717, 1.165) is 15.6 Å². The van der Waals surface area contributed by atoms with Crippen molar-refractivity contribution in [3.8, 4) is 0 Å². The van der Waals surface area contributed by atoms with Crippen LogP contribution in [-0.2, 0) is 21.9 Å². The van der Waals surface area contributed by atoms with Crippen molar-refractivity contribution in [2.24, 2.45) is 0 Å². The Morgan fingerprint density at radius 2 is 1.65 bits per heavy atom. The van der Waals surface area contributed by atoms with E-state index in [1.807, 2.05) is 52.0 Å². The molecule has 1 N–H and O–H groups in total. The Kier molecular flexibility index (Phi) is 9.56. The second kappa shape index (κ2) is 11.7. The molecule has 2 rings (SSSR count). The third kappa shape index (κ3) is 8.65. The van der Waals surface area contributed by atoms with Crippen molar-refractivity contribution in [1.82, 2.24) is 10.2 Å². The summed E-state index contributed by atoms with van der Waals surface area (Å²) in [5.41, 5.74) is 1.52. The van der Waals surface area contributed by atoms with Crippen LogP contribution in [-0.4, -0.2) is 34.0 Å². The van der Waals surface area contributed by atoms with Gasteiger partial charge in [0.15, 0.2) is 0 Å². The molecule has 0 fully saturated rings. The molecule has 0 spiro atoms. The molecule has 0 aliphatic rings. The van der Waals surface area contributed by atoms with Crippen molar-refractivity contribution in [3.05, 3.63) is 69.9 Å². The number of hydrogen-bond donors (Lipinski definition) is 1. The van der Waals surface area contributed by atoms with Gasteiger partial charge in [0.2, 0.25) is 11.8 Å². The SMILES string of the molecule is CC[C@@H](C(=O)NC(C)(C)C)N(Cc1ccc(F)cc1)C(=O)CSCc1ccc(Br)cc1. The molecule has 0 aliphatic carbocycles. The van der Waals surface area contributed by atoms with Gasteiger partial charge in [-0.15, -0.1) is 11.8 Å². The molecule has 0 radical (unpaired) electrons. The zero-order valence-electron chi connectivity index (χ0n) is 18.5. The largest absolute Gasteiger partial charge is 0.350 e. The summed E-state index contributed by atoms with van der Waals surface area (Å²) in [7, 11) is 0. The number of carbonyl (C=O) groups excluding carboxylic acids is 2. The number of nitrogens with zero attached hydrogens (tertiary/aromatic N) is 1. The summed E-state index contributed by atoms with van der Waals surface area (Å²) in [4.78, 5) is 27.7. The molecule has 0 saturated heterocycles. The summed E-state index contributed by atoms with van der Waals surface area (Å²) < 4.78 is 14.3. The molecule has 7 heteroatoms. The molecule has 0 heterocycles. The minimum absolute atomic E-state index is 0.109. The van der Waals surface area contributed by atoms with E-state index >= 15 is 0 Å². The fourth-order valence-corrected chi connectivity index (χ4v) is 4.21. The highest BCUT2D eigenvalue weighted by atomic mass is 79.9. The van der Waals surface area contributed by atoms with Crippen LogP contribution in [0.4, 0.5) is 4.39 Å². The molecule has 2 aromatic carbocycles. The van der Waals surface area contributed by atoms with Gasteiger partial charge in [0.1, 0.15) is 11.9 Å². The van der Waals surface area contributed by atoms with Crippen LogP contribution in [0.5, 0.6) is 0 Å². The molecule has 0 aliphatic heterocycles. The maximum atomic E-state index is 13.3. The average molecular weight is 509 g/mol. The maximum absolute atomic E-state index is 13.3. The Hall–Kier alpha value is -1.86. The zero-order valence-corrected chi connectivity index (χ0v) is 20.9. The predicted molar refractivity (Wildman–Crippen MR) is 129 cm³/mol. The third-order valence-corrected chi connectivity index (χ3v) is 6.08. The van der Waals surface area contributed by atoms with Crippen LogP contribution < -0.4 is 5.32 Å². The minimum atomic E-state index is -0.593. The van der Waals surface area contributed by atoms with Gasteiger partial charge >= 0.3 is 0 Å². The predicted octanol–water partition coefficient (Wildman–Crippen LogP) is 5.54. The van der Waals surface area contributed by atoms with Gasteiger partial charge in [0.25, 0.3) is 0 Å². The Morgan fingerprint density at radius 1 is 1.06 bits per heavy atom. The maximum Gasteiger partial charge on any atom is 0.243 e. The Morgan fingerprint density at radius 3 is 2.19 bits per heavy atom. The highest BCUT2D eigenvalue weighted by molar-refractivity contribution is 9.10. The van der Waals surface area contributed by atoms with Crippen LogP contribution in [0.15, 0.2) is 53.0 Å². The lowest BCUT2D eigenvalue weighted by Gasteiger charge is -2.33. The van der Waals surface area contributed by atoms with Crippen molar-refractivity contribution in [3.63, 3.8) is 0 Å². The summed E-state index contributed by atoms with van der Waals surface area (Å²) in [6, 6.07) is 13.4. The van der Waals surface area contributed by atoms with Crippen molar-refractivity contribution >= 4 is 39.5 Å². The van der Waals surface area contributed by atoms with Gasteiger partial charge in [0, 0.05) is 22.3 Å². The molecule has 2 aromatic rings. The fourth-order valence-electron chi connectivity index (χ4n) is 3.08. The Balaban J connectivity index is 2.14. The Bertz CT molecular complexity index is 867. The molecule has 0 bridgehead atoms. The van der Waals surface area contributed by atoms with Crippen LogP contribution in [0.25, 0.3) is 0 Å². The molecule has 168 valence electrons. The van der Waals surface area contributed by atoms with E-state index in [1.165, 1.54) is 23.9 Å². The van der Waals surface area contributed by atoms with Gasteiger partial charge in [-0.25, -0.2) is 4.39 Å². The van der Waals surface area contributed by atoms with Gasteiger partial charge in [-0.1, -0.05) is 47.1 Å². The molecule has 0 saturated carbocycles. The van der Waals surface area contributed by atoms with E-state index in [0.29, 0.717) is 12.2 Å². The monoisotopic (exact) mass is 508 g/mol. The first-order chi connectivity index (χ1) is 14.6. The van der Waals surface area contributed by atoms with Crippen molar-refractivity contribution in [2.45, 2.75) is 58.0 Å². The summed E-state index contributed by atoms with van der Waals surface area (Å²) in [6.07, 6.45) is 0.492. The fraction of sp³-hybridized carbons (Fsp3) is 0.417.